The Hall–Kier alpha value is -1.13. The summed E-state index contributed by atoms with van der Waals surface area (Å²) in [4.78, 5) is 9.80. The van der Waals surface area contributed by atoms with Gasteiger partial charge in [-0.2, -0.15) is 0 Å². The fourth-order valence-corrected chi connectivity index (χ4v) is 5.18. The van der Waals surface area contributed by atoms with Crippen molar-refractivity contribution in [2.24, 2.45) is 0 Å². The van der Waals surface area contributed by atoms with Crippen LogP contribution < -0.4 is 0 Å². The molecule has 6 heteroatoms. The van der Waals surface area contributed by atoms with Crippen LogP contribution >= 0.6 is 0 Å². The molecule has 2 aromatic carbocycles. The van der Waals surface area contributed by atoms with Crippen molar-refractivity contribution in [1.29, 1.82) is 0 Å². The normalized spacial score (nSPS) is 12.0. The van der Waals surface area contributed by atoms with Crippen molar-refractivity contribution in [3.63, 3.8) is 0 Å². The number of nitrogens with zero attached hydrogens (tertiary/aromatic N) is 4. The second kappa shape index (κ2) is 14.9. The fraction of sp³-hybridized carbons (Fsp3) is 0.529. The molecule has 0 aliphatic rings. The predicted molar refractivity (Wildman–Crippen MR) is 163 cm³/mol. The summed E-state index contributed by atoms with van der Waals surface area (Å²) in [6.45, 7) is 26.5. The van der Waals surface area contributed by atoms with Crippen molar-refractivity contribution in [3.05, 3.63) is 93.1 Å². The summed E-state index contributed by atoms with van der Waals surface area (Å²) >= 11 is 0. The Kier molecular flexibility index (Phi) is 13.7. The van der Waals surface area contributed by atoms with Crippen molar-refractivity contribution in [3.8, 4) is 0 Å². The fourth-order valence-electron chi connectivity index (χ4n) is 5.18. The van der Waals surface area contributed by atoms with Gasteiger partial charge >= 0.3 is 0 Å². The van der Waals surface area contributed by atoms with E-state index in [4.69, 9.17) is 20.6 Å². The van der Waals surface area contributed by atoms with Gasteiger partial charge < -0.3 is 10.6 Å². The Morgan fingerprint density at radius 1 is 0.525 bits per heavy atom. The smallest absolute Gasteiger partial charge is 0.0489 e. The van der Waals surface area contributed by atoms with E-state index >= 15 is 0 Å². The Morgan fingerprint density at radius 3 is 1.00 bits per heavy atom. The summed E-state index contributed by atoms with van der Waals surface area (Å²) < 4.78 is 0. The Balaban J connectivity index is 0.00000400. The van der Waals surface area contributed by atoms with Crippen molar-refractivity contribution in [2.45, 2.75) is 118 Å². The molecule has 0 spiro atoms. The molecule has 4 nitrogen and oxygen atoms in total. The maximum Gasteiger partial charge on any atom is 0.0489 e. The number of rotatable bonds is 10. The van der Waals surface area contributed by atoms with Crippen LogP contribution in [-0.4, -0.2) is 9.97 Å². The third kappa shape index (κ3) is 8.24. The van der Waals surface area contributed by atoms with Crippen LogP contribution in [0.4, 0.5) is 11.4 Å². The van der Waals surface area contributed by atoms with Gasteiger partial charge in [0.05, 0.1) is 0 Å². The average Bonchev–Trinajstić information content (AvgIpc) is 2.83. The minimum absolute atomic E-state index is 0. The molecule has 0 N–H and O–H groups in total. The van der Waals surface area contributed by atoms with E-state index in [0.29, 0.717) is 23.7 Å². The van der Waals surface area contributed by atoms with Crippen LogP contribution in [0.5, 0.6) is 0 Å². The molecule has 0 unspecified atom stereocenters. The topological polar surface area (TPSA) is 54.0 Å². The van der Waals surface area contributed by atoms with E-state index in [1.165, 1.54) is 22.3 Å². The first-order valence-electron chi connectivity index (χ1n) is 14.2. The monoisotopic (exact) mass is 782 g/mol. The number of aromatic nitrogens is 2. The number of hydrogen-bond acceptors (Lipinski definition) is 2. The van der Waals surface area contributed by atoms with Gasteiger partial charge in [0.25, 0.3) is 0 Å². The van der Waals surface area contributed by atoms with Crippen molar-refractivity contribution in [2.75, 3.05) is 0 Å². The van der Waals surface area contributed by atoms with E-state index in [1.54, 1.807) is 12.4 Å². The minimum Gasteiger partial charge on any atom is -0.674 e. The van der Waals surface area contributed by atoms with Crippen LogP contribution in [0.15, 0.2) is 48.8 Å². The summed E-state index contributed by atoms with van der Waals surface area (Å²) in [5, 5.41) is 10.9. The van der Waals surface area contributed by atoms with Crippen molar-refractivity contribution < 1.29 is 52.0 Å². The molecule has 3 rings (SSSR count). The van der Waals surface area contributed by atoms with Gasteiger partial charge in [0, 0.05) is 75.8 Å². The Morgan fingerprint density at radius 2 is 0.775 bits per heavy atom. The second-order valence-corrected chi connectivity index (χ2v) is 12.8. The van der Waals surface area contributed by atoms with Crippen molar-refractivity contribution in [1.82, 2.24) is 9.97 Å². The van der Waals surface area contributed by atoms with E-state index in [2.05, 4.69) is 119 Å². The van der Waals surface area contributed by atoms with E-state index in [-0.39, 0.29) is 52.0 Å². The molecule has 0 saturated carbocycles. The number of benzene rings is 2. The molecule has 0 fully saturated rings. The number of para-hydroxylation sites is 2. The SMILES string of the molecule is CC(C)c1cccc(C(C)C)c1[N-]C(C)(C)c1nccnc1C(C)(C)[N-]c1c(C(C)C)cccc1C(C)C.[Hf].[Zr]. The van der Waals surface area contributed by atoms with Crippen LogP contribution in [-0.2, 0) is 63.1 Å². The van der Waals surface area contributed by atoms with Gasteiger partial charge in [-0.25, -0.2) is 0 Å². The van der Waals surface area contributed by atoms with Gasteiger partial charge in [0.1, 0.15) is 0 Å². The molecule has 0 aliphatic heterocycles. The van der Waals surface area contributed by atoms with Gasteiger partial charge in [-0.3, -0.25) is 9.97 Å². The first-order chi connectivity index (χ1) is 17.7. The van der Waals surface area contributed by atoms with Gasteiger partial charge in [-0.15, -0.1) is 11.4 Å². The third-order valence-electron chi connectivity index (χ3n) is 7.32. The number of hydrogen-bond donors (Lipinski definition) is 0. The molecule has 0 radical (unpaired) electrons. The van der Waals surface area contributed by atoms with Crippen molar-refractivity contribution >= 4 is 11.4 Å². The summed E-state index contributed by atoms with van der Waals surface area (Å²) in [5.74, 6) is 1.49. The molecule has 1 aromatic heterocycles. The zero-order valence-corrected chi connectivity index (χ0v) is 32.8. The maximum atomic E-state index is 5.43. The first-order valence-corrected chi connectivity index (χ1v) is 14.2. The quantitative estimate of drug-likeness (QED) is 0.192. The Bertz CT molecular complexity index is 1100. The van der Waals surface area contributed by atoms with Crippen LogP contribution in [0, 0.1) is 0 Å². The molecule has 0 atom stereocenters. The van der Waals surface area contributed by atoms with Gasteiger partial charge in [-0.05, 0) is 23.7 Å². The maximum absolute atomic E-state index is 5.43. The molecule has 40 heavy (non-hydrogen) atoms. The average molecular weight is 783 g/mol. The van der Waals surface area contributed by atoms with E-state index < -0.39 is 11.1 Å². The summed E-state index contributed by atoms with van der Waals surface area (Å²) in [6.07, 6.45) is 3.57. The molecule has 0 saturated heterocycles. The van der Waals surface area contributed by atoms with E-state index in [9.17, 15) is 0 Å². The second-order valence-electron chi connectivity index (χ2n) is 12.8. The third-order valence-corrected chi connectivity index (χ3v) is 7.32. The van der Waals surface area contributed by atoms with E-state index in [1.807, 2.05) is 0 Å². The van der Waals surface area contributed by atoms with Crippen LogP contribution in [0.25, 0.3) is 10.6 Å². The zero-order valence-electron chi connectivity index (χ0n) is 26.7. The summed E-state index contributed by atoms with van der Waals surface area (Å²) in [6, 6.07) is 13.1. The molecular weight excluding hydrogens is 734 g/mol. The molecule has 0 amide bonds. The van der Waals surface area contributed by atoms with Crippen LogP contribution in [0.1, 0.15) is 140 Å². The van der Waals surface area contributed by atoms with E-state index in [0.717, 1.165) is 22.8 Å². The van der Waals surface area contributed by atoms with Gasteiger partial charge in [-0.1, -0.05) is 153 Å². The standard InChI is InChI=1S/C34H48N4.Hf.Zr/c1-21(2)25-15-13-16-26(22(3)4)29(25)37-33(9,10)31-32(36-20-19-35-31)34(11,12)38-30-27(23(5)6)17-14-18-28(30)24(7)8;;/h13-24H,1-12H3;;/q-2;;. The predicted octanol–water partition coefficient (Wildman–Crippen LogP) is 10.8. The molecule has 214 valence electrons. The van der Waals surface area contributed by atoms with Gasteiger partial charge in [0.15, 0.2) is 0 Å². The molecule has 0 aliphatic carbocycles. The van der Waals surface area contributed by atoms with Crippen LogP contribution in [0.2, 0.25) is 0 Å². The molecular formula is C34H48HfN4Zr-2. The largest absolute Gasteiger partial charge is 0.674 e. The first kappa shape index (κ1) is 36.9. The minimum atomic E-state index is -0.594. The Labute approximate surface area is 282 Å². The van der Waals surface area contributed by atoms with Crippen LogP contribution in [0.3, 0.4) is 0 Å². The molecule has 3 aromatic rings. The molecule has 0 bridgehead atoms. The van der Waals surface area contributed by atoms with Gasteiger partial charge in [0.2, 0.25) is 0 Å². The molecule has 1 heterocycles. The summed E-state index contributed by atoms with van der Waals surface area (Å²) in [7, 11) is 0. The summed E-state index contributed by atoms with van der Waals surface area (Å²) in [5.41, 5.74) is 7.80. The zero-order chi connectivity index (χ0) is 28.4.